The number of nitrogens with zero attached hydrogens (tertiary/aromatic N) is 1. The average molecular weight is 672 g/mol. The van der Waals surface area contributed by atoms with E-state index in [1.807, 2.05) is 26.0 Å². The van der Waals surface area contributed by atoms with Crippen LogP contribution >= 0.6 is 0 Å². The number of allylic oxidation sites excluding steroid dienone is 3. The Kier molecular flexibility index (Phi) is 17.1. The van der Waals surface area contributed by atoms with E-state index in [9.17, 15) is 28.8 Å². The van der Waals surface area contributed by atoms with Gasteiger partial charge >= 0.3 is 0 Å². The van der Waals surface area contributed by atoms with Gasteiger partial charge in [-0.05, 0) is 44.9 Å². The number of rotatable bonds is 16. The van der Waals surface area contributed by atoms with Gasteiger partial charge in [-0.1, -0.05) is 78.0 Å². The molecule has 2 aliphatic rings. The smallest absolute Gasteiger partial charge is 0.247 e. The molecular formula is C35H57N7O6. The molecule has 2 heterocycles. The van der Waals surface area contributed by atoms with E-state index in [4.69, 9.17) is 0 Å². The highest BCUT2D eigenvalue weighted by molar-refractivity contribution is 5.96. The molecule has 2 aliphatic heterocycles. The third-order valence-electron chi connectivity index (χ3n) is 8.13. The van der Waals surface area contributed by atoms with Crippen LogP contribution in [0.2, 0.25) is 0 Å². The normalized spacial score (nSPS) is 22.1. The van der Waals surface area contributed by atoms with Gasteiger partial charge in [-0.15, -0.1) is 0 Å². The predicted octanol–water partition coefficient (Wildman–Crippen LogP) is 1.91. The first-order chi connectivity index (χ1) is 22.7. The van der Waals surface area contributed by atoms with Gasteiger partial charge in [-0.25, -0.2) is 0 Å². The second-order valence-corrected chi connectivity index (χ2v) is 13.8. The number of amides is 6. The SMILES string of the molecule is CC(C)CCCCCCC/C=C/C=C/C(=O)N/C=C/C(=O)NCC1NC(=O)C(CC(C)C)NC(=O)CN2C(=O)C(CNC1=O)NC2(C)C. The van der Waals surface area contributed by atoms with Crippen LogP contribution in [-0.4, -0.2) is 83.8 Å². The number of carbonyl (C=O) groups excluding carboxylic acids is 6. The van der Waals surface area contributed by atoms with Gasteiger partial charge in [0.25, 0.3) is 0 Å². The Morgan fingerprint density at radius 1 is 0.875 bits per heavy atom. The molecule has 0 aromatic rings. The van der Waals surface area contributed by atoms with Crippen LogP contribution in [-0.2, 0) is 28.8 Å². The maximum Gasteiger partial charge on any atom is 0.247 e. The van der Waals surface area contributed by atoms with Crippen LogP contribution in [0.1, 0.15) is 92.9 Å². The zero-order valence-electron chi connectivity index (χ0n) is 29.5. The Morgan fingerprint density at radius 2 is 1.58 bits per heavy atom. The molecule has 6 N–H and O–H groups in total. The van der Waals surface area contributed by atoms with E-state index in [2.05, 4.69) is 45.7 Å². The summed E-state index contributed by atoms with van der Waals surface area (Å²) in [6.07, 6.45) is 17.8. The molecule has 0 aromatic carbocycles. The second kappa shape index (κ2) is 20.4. The molecule has 13 nitrogen and oxygen atoms in total. The van der Waals surface area contributed by atoms with Gasteiger partial charge in [0.2, 0.25) is 35.4 Å². The molecule has 2 saturated heterocycles. The minimum Gasteiger partial charge on any atom is -0.352 e. The van der Waals surface area contributed by atoms with Crippen LogP contribution in [0.5, 0.6) is 0 Å². The summed E-state index contributed by atoms with van der Waals surface area (Å²) < 4.78 is 0. The van der Waals surface area contributed by atoms with Crippen molar-refractivity contribution in [2.45, 2.75) is 117 Å². The molecule has 3 unspecified atom stereocenters. The standard InChI is InChI=1S/C35H57N7O6/c1-24(2)16-14-12-10-8-7-9-11-13-15-17-29(43)36-19-18-30(44)37-21-27-32(46)38-22-28-34(48)42(35(5,6)41-28)23-31(45)39-26(20-25(3)4)33(47)40-27/h11,13,15,17-19,24-28,41H,7-10,12,14,16,20-23H2,1-6H3,(H,36,43)(H,37,44)(H,38,46)(H,39,45)(H,40,47)/b13-11+,17-15+,19-18+. The van der Waals surface area contributed by atoms with Crippen LogP contribution < -0.4 is 31.9 Å². The number of hydrogen-bond donors (Lipinski definition) is 6. The van der Waals surface area contributed by atoms with Crippen LogP contribution in [0.25, 0.3) is 0 Å². The fraction of sp³-hybridized carbons (Fsp3) is 0.657. The van der Waals surface area contributed by atoms with Crippen molar-refractivity contribution in [2.75, 3.05) is 19.6 Å². The van der Waals surface area contributed by atoms with Crippen molar-refractivity contribution in [3.05, 3.63) is 36.6 Å². The Balaban J connectivity index is 1.89. The van der Waals surface area contributed by atoms with Gasteiger partial charge in [0.15, 0.2) is 0 Å². The highest BCUT2D eigenvalue weighted by atomic mass is 16.2. The Labute approximate surface area is 285 Å². The lowest BCUT2D eigenvalue weighted by Gasteiger charge is -2.31. The zero-order valence-corrected chi connectivity index (χ0v) is 29.5. The third-order valence-corrected chi connectivity index (χ3v) is 8.13. The van der Waals surface area contributed by atoms with Crippen molar-refractivity contribution in [3.8, 4) is 0 Å². The van der Waals surface area contributed by atoms with Crippen molar-refractivity contribution < 1.29 is 28.8 Å². The molecule has 48 heavy (non-hydrogen) atoms. The first-order valence-electron chi connectivity index (χ1n) is 17.2. The molecule has 3 atom stereocenters. The first kappa shape index (κ1) is 40.2. The molecule has 268 valence electrons. The van der Waals surface area contributed by atoms with E-state index in [0.717, 1.165) is 24.8 Å². The summed E-state index contributed by atoms with van der Waals surface area (Å²) >= 11 is 0. The van der Waals surface area contributed by atoms with Gasteiger partial charge < -0.3 is 31.5 Å². The van der Waals surface area contributed by atoms with Gasteiger partial charge in [-0.2, -0.15) is 0 Å². The lowest BCUT2D eigenvalue weighted by molar-refractivity contribution is -0.137. The molecule has 0 aromatic heterocycles. The molecule has 2 fully saturated rings. The van der Waals surface area contributed by atoms with Crippen molar-refractivity contribution in [1.29, 1.82) is 0 Å². The Bertz CT molecular complexity index is 1210. The molecule has 6 amide bonds. The zero-order chi connectivity index (χ0) is 35.7. The summed E-state index contributed by atoms with van der Waals surface area (Å²) in [7, 11) is 0. The Morgan fingerprint density at radius 3 is 2.29 bits per heavy atom. The topological polar surface area (TPSA) is 178 Å². The molecule has 2 rings (SSSR count). The molecular weight excluding hydrogens is 614 g/mol. The maximum absolute atomic E-state index is 13.2. The van der Waals surface area contributed by atoms with E-state index >= 15 is 0 Å². The third kappa shape index (κ3) is 14.8. The van der Waals surface area contributed by atoms with Crippen molar-refractivity contribution in [2.24, 2.45) is 11.8 Å². The highest BCUT2D eigenvalue weighted by Crippen LogP contribution is 2.21. The van der Waals surface area contributed by atoms with E-state index in [1.165, 1.54) is 49.3 Å². The fourth-order valence-electron chi connectivity index (χ4n) is 5.51. The number of hydrogen-bond acceptors (Lipinski definition) is 7. The largest absolute Gasteiger partial charge is 0.352 e. The predicted molar refractivity (Wildman–Crippen MR) is 185 cm³/mol. The minimum atomic E-state index is -1.20. The average Bonchev–Trinajstić information content (AvgIpc) is 3.22. The highest BCUT2D eigenvalue weighted by Gasteiger charge is 2.45. The quantitative estimate of drug-likeness (QED) is 0.0825. The molecule has 0 radical (unpaired) electrons. The van der Waals surface area contributed by atoms with E-state index in [-0.39, 0.29) is 31.5 Å². The molecule has 0 aliphatic carbocycles. The Hall–Kier alpha value is -4.00. The van der Waals surface area contributed by atoms with Crippen molar-refractivity contribution in [3.63, 3.8) is 0 Å². The summed E-state index contributed by atoms with van der Waals surface area (Å²) in [4.78, 5) is 78.3. The summed E-state index contributed by atoms with van der Waals surface area (Å²) in [6.45, 7) is 11.2. The van der Waals surface area contributed by atoms with Crippen molar-refractivity contribution in [1.82, 2.24) is 36.8 Å². The molecule has 0 spiro atoms. The van der Waals surface area contributed by atoms with Crippen LogP contribution in [0.3, 0.4) is 0 Å². The first-order valence-corrected chi connectivity index (χ1v) is 17.2. The van der Waals surface area contributed by atoms with Gasteiger partial charge in [0.05, 0.1) is 5.66 Å². The number of unbranched alkanes of at least 4 members (excludes halogenated alkanes) is 5. The summed E-state index contributed by atoms with van der Waals surface area (Å²) in [5, 5.41) is 16.2. The van der Waals surface area contributed by atoms with E-state index in [1.54, 1.807) is 19.9 Å². The van der Waals surface area contributed by atoms with Crippen LogP contribution in [0.15, 0.2) is 36.6 Å². The van der Waals surface area contributed by atoms with E-state index < -0.39 is 53.3 Å². The number of carbonyl (C=O) groups is 6. The molecule has 0 saturated carbocycles. The number of fused-ring (bicyclic) bond motifs is 2. The summed E-state index contributed by atoms with van der Waals surface area (Å²) in [5.74, 6) is -2.27. The second-order valence-electron chi connectivity index (χ2n) is 13.8. The fourth-order valence-corrected chi connectivity index (χ4v) is 5.51. The summed E-state index contributed by atoms with van der Waals surface area (Å²) in [6, 6.07) is -2.94. The number of nitrogens with one attached hydrogen (secondary N) is 6. The van der Waals surface area contributed by atoms with Crippen molar-refractivity contribution >= 4 is 35.4 Å². The van der Waals surface area contributed by atoms with Crippen LogP contribution in [0, 0.1) is 11.8 Å². The lowest BCUT2D eigenvalue weighted by Crippen LogP contribution is -2.59. The minimum absolute atomic E-state index is 0.0324. The lowest BCUT2D eigenvalue weighted by atomic mass is 10.0. The maximum atomic E-state index is 13.2. The summed E-state index contributed by atoms with van der Waals surface area (Å²) in [5.41, 5.74) is -0.850. The van der Waals surface area contributed by atoms with Gasteiger partial charge in [0.1, 0.15) is 24.7 Å². The molecule has 13 heteroatoms. The molecule has 2 bridgehead atoms. The van der Waals surface area contributed by atoms with E-state index in [0.29, 0.717) is 6.42 Å². The van der Waals surface area contributed by atoms with Gasteiger partial charge in [0, 0.05) is 31.4 Å². The van der Waals surface area contributed by atoms with Gasteiger partial charge in [-0.3, -0.25) is 34.1 Å². The van der Waals surface area contributed by atoms with Crippen LogP contribution in [0.4, 0.5) is 0 Å². The monoisotopic (exact) mass is 671 g/mol.